The molecule has 0 heterocycles. The fraction of sp³-hybridized carbons (Fsp3) is 0.444. The number of sulfonamides is 1. The van der Waals surface area contributed by atoms with Gasteiger partial charge in [0.05, 0.1) is 11.9 Å². The average Bonchev–Trinajstić information content (AvgIpc) is 2.58. The molecule has 2 rings (SSSR count). The molecule has 0 bridgehead atoms. The SMILES string of the molecule is CC(=O)c1cccc(N(CC(=O)NCC2=CCCCC2)S(C)(=O)=O)c1. The molecule has 136 valence electrons. The summed E-state index contributed by atoms with van der Waals surface area (Å²) in [5, 5.41) is 2.78. The number of benzene rings is 1. The summed E-state index contributed by atoms with van der Waals surface area (Å²) in [5.41, 5.74) is 1.89. The van der Waals surface area contributed by atoms with E-state index < -0.39 is 10.0 Å². The molecular weight excluding hydrogens is 340 g/mol. The molecule has 25 heavy (non-hydrogen) atoms. The number of anilines is 1. The average molecular weight is 364 g/mol. The van der Waals surface area contributed by atoms with Gasteiger partial charge in [-0.1, -0.05) is 23.8 Å². The van der Waals surface area contributed by atoms with Gasteiger partial charge in [0.25, 0.3) is 0 Å². The molecule has 1 aliphatic rings. The summed E-state index contributed by atoms with van der Waals surface area (Å²) < 4.78 is 25.2. The van der Waals surface area contributed by atoms with Crippen molar-refractivity contribution in [1.82, 2.24) is 5.32 Å². The zero-order valence-corrected chi connectivity index (χ0v) is 15.4. The van der Waals surface area contributed by atoms with Crippen LogP contribution in [-0.4, -0.2) is 39.5 Å². The van der Waals surface area contributed by atoms with Gasteiger partial charge in [-0.25, -0.2) is 8.42 Å². The standard InChI is InChI=1S/C18H24N2O4S/c1-14(21)16-9-6-10-17(11-16)20(25(2,23)24)13-18(22)19-12-15-7-4-3-5-8-15/h6-7,9-11H,3-5,8,12-13H2,1-2H3,(H,19,22). The first-order chi connectivity index (χ1) is 11.8. The lowest BCUT2D eigenvalue weighted by atomic mass is 10.00. The highest BCUT2D eigenvalue weighted by atomic mass is 32.2. The summed E-state index contributed by atoms with van der Waals surface area (Å²) in [5.74, 6) is -0.533. The van der Waals surface area contributed by atoms with Gasteiger partial charge in [0.15, 0.2) is 5.78 Å². The molecule has 1 aromatic rings. The molecule has 1 aliphatic carbocycles. The van der Waals surface area contributed by atoms with Crippen LogP contribution in [0.4, 0.5) is 5.69 Å². The van der Waals surface area contributed by atoms with Crippen LogP contribution in [0.25, 0.3) is 0 Å². The molecule has 0 saturated carbocycles. The number of carbonyl (C=O) groups is 2. The van der Waals surface area contributed by atoms with Crippen LogP contribution in [0.1, 0.15) is 43.0 Å². The van der Waals surface area contributed by atoms with E-state index in [1.807, 2.05) is 0 Å². The highest BCUT2D eigenvalue weighted by Gasteiger charge is 2.21. The minimum Gasteiger partial charge on any atom is -0.351 e. The predicted octanol–water partition coefficient (Wildman–Crippen LogP) is 2.27. The van der Waals surface area contributed by atoms with Crippen molar-refractivity contribution in [3.8, 4) is 0 Å². The molecular formula is C18H24N2O4S. The largest absolute Gasteiger partial charge is 0.351 e. The molecule has 0 fully saturated rings. The lowest BCUT2D eigenvalue weighted by molar-refractivity contribution is -0.119. The predicted molar refractivity (Wildman–Crippen MR) is 98.2 cm³/mol. The van der Waals surface area contributed by atoms with E-state index in [0.717, 1.165) is 29.8 Å². The molecule has 1 N–H and O–H groups in total. The fourth-order valence-corrected chi connectivity index (χ4v) is 3.59. The van der Waals surface area contributed by atoms with Crippen molar-refractivity contribution in [2.75, 3.05) is 23.7 Å². The fourth-order valence-electron chi connectivity index (χ4n) is 2.74. The number of Topliss-reactive ketones (excluding diaryl/α,β-unsaturated/α-hetero) is 1. The number of nitrogens with one attached hydrogen (secondary N) is 1. The van der Waals surface area contributed by atoms with Crippen molar-refractivity contribution in [2.24, 2.45) is 0 Å². The summed E-state index contributed by atoms with van der Waals surface area (Å²) in [6.45, 7) is 1.55. The molecule has 7 heteroatoms. The monoisotopic (exact) mass is 364 g/mol. The number of hydrogen-bond donors (Lipinski definition) is 1. The normalized spacial score (nSPS) is 14.6. The first-order valence-corrected chi connectivity index (χ1v) is 10.2. The van der Waals surface area contributed by atoms with Crippen LogP contribution in [0.5, 0.6) is 0 Å². The number of carbonyl (C=O) groups excluding carboxylic acids is 2. The number of ketones is 1. The Morgan fingerprint density at radius 2 is 2.00 bits per heavy atom. The summed E-state index contributed by atoms with van der Waals surface area (Å²) in [4.78, 5) is 23.7. The van der Waals surface area contributed by atoms with Crippen molar-refractivity contribution in [3.63, 3.8) is 0 Å². The second-order valence-corrected chi connectivity index (χ2v) is 8.17. The van der Waals surface area contributed by atoms with Crippen LogP contribution < -0.4 is 9.62 Å². The lowest BCUT2D eigenvalue weighted by Crippen LogP contribution is -2.41. The Bertz CT molecular complexity index is 784. The molecule has 0 aliphatic heterocycles. The van der Waals surface area contributed by atoms with Gasteiger partial charge in [-0.05, 0) is 44.7 Å². The molecule has 0 atom stereocenters. The van der Waals surface area contributed by atoms with Crippen molar-refractivity contribution in [1.29, 1.82) is 0 Å². The number of hydrogen-bond acceptors (Lipinski definition) is 4. The first-order valence-electron chi connectivity index (χ1n) is 8.30. The van der Waals surface area contributed by atoms with Gasteiger partial charge in [0, 0.05) is 12.1 Å². The number of nitrogens with zero attached hydrogens (tertiary/aromatic N) is 1. The second-order valence-electron chi connectivity index (χ2n) is 6.26. The van der Waals surface area contributed by atoms with Crippen molar-refractivity contribution in [2.45, 2.75) is 32.6 Å². The molecule has 1 amide bonds. The maximum Gasteiger partial charge on any atom is 0.241 e. The summed E-state index contributed by atoms with van der Waals surface area (Å²) in [6, 6.07) is 6.28. The van der Waals surface area contributed by atoms with Crippen LogP contribution in [0, 0.1) is 0 Å². The van der Waals surface area contributed by atoms with Crippen LogP contribution in [-0.2, 0) is 14.8 Å². The van der Waals surface area contributed by atoms with Crippen molar-refractivity contribution in [3.05, 3.63) is 41.5 Å². The highest BCUT2D eigenvalue weighted by Crippen LogP contribution is 2.20. The quantitative estimate of drug-likeness (QED) is 0.594. The number of rotatable bonds is 7. The van der Waals surface area contributed by atoms with Crippen LogP contribution in [0.3, 0.4) is 0 Å². The van der Waals surface area contributed by atoms with Gasteiger partial charge in [-0.2, -0.15) is 0 Å². The van der Waals surface area contributed by atoms with E-state index in [1.165, 1.54) is 25.0 Å². The van der Waals surface area contributed by atoms with Crippen LogP contribution in [0.15, 0.2) is 35.9 Å². The van der Waals surface area contributed by atoms with E-state index >= 15 is 0 Å². The number of amides is 1. The van der Waals surface area contributed by atoms with Gasteiger partial charge >= 0.3 is 0 Å². The van der Waals surface area contributed by atoms with Gasteiger partial charge in [-0.3, -0.25) is 13.9 Å². The second kappa shape index (κ2) is 8.29. The zero-order valence-electron chi connectivity index (χ0n) is 14.6. The first kappa shape index (κ1) is 19.2. The maximum atomic E-state index is 12.2. The Kier molecular flexibility index (Phi) is 6.36. The van der Waals surface area contributed by atoms with Gasteiger partial charge < -0.3 is 5.32 Å². The smallest absolute Gasteiger partial charge is 0.241 e. The zero-order chi connectivity index (χ0) is 18.4. The number of allylic oxidation sites excluding steroid dienone is 1. The molecule has 6 nitrogen and oxygen atoms in total. The third-order valence-electron chi connectivity index (χ3n) is 4.13. The summed E-state index contributed by atoms with van der Waals surface area (Å²) in [6.07, 6.45) is 7.47. The third-order valence-corrected chi connectivity index (χ3v) is 5.27. The van der Waals surface area contributed by atoms with E-state index in [0.29, 0.717) is 17.8 Å². The molecule has 0 saturated heterocycles. The third kappa shape index (κ3) is 5.70. The Hall–Kier alpha value is -2.15. The Morgan fingerprint density at radius 1 is 1.24 bits per heavy atom. The Morgan fingerprint density at radius 3 is 2.60 bits per heavy atom. The molecule has 0 spiro atoms. The van der Waals surface area contributed by atoms with Crippen LogP contribution in [0.2, 0.25) is 0 Å². The van der Waals surface area contributed by atoms with Gasteiger partial charge in [0.1, 0.15) is 6.54 Å². The van der Waals surface area contributed by atoms with Gasteiger partial charge in [-0.15, -0.1) is 0 Å². The Labute approximate surface area is 149 Å². The van der Waals surface area contributed by atoms with Crippen molar-refractivity contribution >= 4 is 27.4 Å². The maximum absolute atomic E-state index is 12.2. The molecule has 0 aromatic heterocycles. The minimum atomic E-state index is -3.65. The van der Waals surface area contributed by atoms with E-state index in [1.54, 1.807) is 18.2 Å². The van der Waals surface area contributed by atoms with Gasteiger partial charge in [0.2, 0.25) is 15.9 Å². The van der Waals surface area contributed by atoms with Crippen molar-refractivity contribution < 1.29 is 18.0 Å². The summed E-state index contributed by atoms with van der Waals surface area (Å²) >= 11 is 0. The summed E-state index contributed by atoms with van der Waals surface area (Å²) in [7, 11) is -3.65. The van der Waals surface area contributed by atoms with Crippen LogP contribution >= 0.6 is 0 Å². The van der Waals surface area contributed by atoms with E-state index in [9.17, 15) is 18.0 Å². The Balaban J connectivity index is 2.10. The molecule has 0 radical (unpaired) electrons. The van der Waals surface area contributed by atoms with E-state index in [-0.39, 0.29) is 18.2 Å². The lowest BCUT2D eigenvalue weighted by Gasteiger charge is -2.22. The highest BCUT2D eigenvalue weighted by molar-refractivity contribution is 7.92. The molecule has 1 aromatic carbocycles. The molecule has 0 unspecified atom stereocenters. The van der Waals surface area contributed by atoms with E-state index in [4.69, 9.17) is 0 Å². The van der Waals surface area contributed by atoms with E-state index in [2.05, 4.69) is 11.4 Å². The topological polar surface area (TPSA) is 83.6 Å². The minimum absolute atomic E-state index is 0.163.